The van der Waals surface area contributed by atoms with E-state index in [0.717, 1.165) is 0 Å². The number of halogens is 1. The van der Waals surface area contributed by atoms with E-state index in [9.17, 15) is 8.42 Å². The third kappa shape index (κ3) is 3.73. The Balaban J connectivity index is 2.92. The average molecular weight is 289 g/mol. The predicted octanol–water partition coefficient (Wildman–Crippen LogP) is 2.48. The molecule has 0 atom stereocenters. The predicted molar refractivity (Wildman–Crippen MR) is 75.2 cm³/mol. The molecule has 6 heteroatoms. The van der Waals surface area contributed by atoms with Crippen molar-refractivity contribution in [2.24, 2.45) is 0 Å². The van der Waals surface area contributed by atoms with E-state index < -0.39 is 10.0 Å². The third-order valence-electron chi connectivity index (χ3n) is 2.41. The fourth-order valence-electron chi connectivity index (χ4n) is 1.44. The summed E-state index contributed by atoms with van der Waals surface area (Å²) in [7, 11) is -3.53. The highest BCUT2D eigenvalue weighted by Crippen LogP contribution is 2.26. The molecular weight excluding hydrogens is 272 g/mol. The van der Waals surface area contributed by atoms with Crippen molar-refractivity contribution in [1.29, 1.82) is 0 Å². The van der Waals surface area contributed by atoms with Gasteiger partial charge in [-0.05, 0) is 38.0 Å². The van der Waals surface area contributed by atoms with Gasteiger partial charge in [0.05, 0.1) is 15.6 Å². The number of allylic oxidation sites excluding steroid dienone is 1. The molecular formula is C12H17ClN2O2S. The van der Waals surface area contributed by atoms with Gasteiger partial charge in [-0.15, -0.1) is 0 Å². The molecule has 0 radical (unpaired) electrons. The molecule has 18 heavy (non-hydrogen) atoms. The summed E-state index contributed by atoms with van der Waals surface area (Å²) >= 11 is 5.90. The molecule has 0 fully saturated rings. The van der Waals surface area contributed by atoms with Gasteiger partial charge in [-0.25, -0.2) is 13.1 Å². The molecule has 0 aromatic heterocycles. The van der Waals surface area contributed by atoms with Gasteiger partial charge in [0.1, 0.15) is 0 Å². The monoisotopic (exact) mass is 288 g/mol. The van der Waals surface area contributed by atoms with E-state index in [1.165, 1.54) is 12.1 Å². The van der Waals surface area contributed by atoms with Crippen LogP contribution in [0, 0.1) is 6.92 Å². The molecule has 100 valence electrons. The average Bonchev–Trinajstić information content (AvgIpc) is 2.31. The van der Waals surface area contributed by atoms with Gasteiger partial charge < -0.3 is 5.73 Å². The molecule has 0 aliphatic rings. The summed E-state index contributed by atoms with van der Waals surface area (Å²) in [5.41, 5.74) is 6.57. The summed E-state index contributed by atoms with van der Waals surface area (Å²) in [6, 6.07) is 2.88. The van der Waals surface area contributed by atoms with E-state index in [1.807, 2.05) is 19.1 Å². The number of nitrogen functional groups attached to an aromatic ring is 1. The lowest BCUT2D eigenvalue weighted by atomic mass is 10.2. The van der Waals surface area contributed by atoms with Crippen molar-refractivity contribution in [2.75, 3.05) is 12.3 Å². The highest BCUT2D eigenvalue weighted by atomic mass is 35.5. The topological polar surface area (TPSA) is 72.2 Å². The van der Waals surface area contributed by atoms with Crippen LogP contribution in [-0.2, 0) is 10.0 Å². The Labute approximate surface area is 113 Å². The number of benzene rings is 1. The van der Waals surface area contributed by atoms with Gasteiger partial charge in [0.2, 0.25) is 10.0 Å². The molecule has 4 nitrogen and oxygen atoms in total. The molecule has 3 N–H and O–H groups in total. The maximum atomic E-state index is 12.0. The second-order valence-corrected chi connectivity index (χ2v) is 6.04. The quantitative estimate of drug-likeness (QED) is 0.497. The van der Waals surface area contributed by atoms with Crippen LogP contribution in [0.4, 0.5) is 5.69 Å². The fourth-order valence-corrected chi connectivity index (χ4v) is 2.72. The van der Waals surface area contributed by atoms with E-state index in [2.05, 4.69) is 4.72 Å². The Morgan fingerprint density at radius 3 is 2.67 bits per heavy atom. The Kier molecular flexibility index (Phi) is 5.19. The molecule has 1 aromatic rings. The standard InChI is InChI=1S/C12H17ClN2O2S/c1-3-4-5-6-15-18(16,17)10-7-9(2)12(13)11(14)8-10/h3-4,7-8,15H,5-6,14H2,1-2H3/b4-3+. The van der Waals surface area contributed by atoms with Crippen molar-refractivity contribution in [3.63, 3.8) is 0 Å². The first-order valence-electron chi connectivity index (χ1n) is 5.55. The fraction of sp³-hybridized carbons (Fsp3) is 0.333. The second-order valence-electron chi connectivity index (χ2n) is 3.90. The molecule has 0 spiro atoms. The van der Waals surface area contributed by atoms with Crippen LogP contribution in [-0.4, -0.2) is 15.0 Å². The summed E-state index contributed by atoms with van der Waals surface area (Å²) < 4.78 is 26.5. The zero-order valence-corrected chi connectivity index (χ0v) is 12.0. The Bertz CT molecular complexity index is 530. The number of aryl methyl sites for hydroxylation is 1. The smallest absolute Gasteiger partial charge is 0.240 e. The molecule has 0 saturated heterocycles. The molecule has 0 aliphatic heterocycles. The number of hydrogen-bond acceptors (Lipinski definition) is 3. The summed E-state index contributed by atoms with van der Waals surface area (Å²) in [5.74, 6) is 0. The first-order chi connectivity index (χ1) is 8.38. The highest BCUT2D eigenvalue weighted by Gasteiger charge is 2.15. The van der Waals surface area contributed by atoms with Crippen LogP contribution in [0.2, 0.25) is 5.02 Å². The molecule has 0 heterocycles. The number of hydrogen-bond donors (Lipinski definition) is 2. The van der Waals surface area contributed by atoms with Crippen LogP contribution >= 0.6 is 11.6 Å². The number of nitrogens with two attached hydrogens (primary N) is 1. The molecule has 0 amide bonds. The zero-order valence-electron chi connectivity index (χ0n) is 10.4. The maximum absolute atomic E-state index is 12.0. The first-order valence-corrected chi connectivity index (χ1v) is 7.41. The molecule has 0 saturated carbocycles. The van der Waals surface area contributed by atoms with Crippen LogP contribution < -0.4 is 10.5 Å². The minimum absolute atomic E-state index is 0.141. The van der Waals surface area contributed by atoms with E-state index in [4.69, 9.17) is 17.3 Å². The minimum Gasteiger partial charge on any atom is -0.397 e. The molecule has 1 aromatic carbocycles. The highest BCUT2D eigenvalue weighted by molar-refractivity contribution is 7.89. The third-order valence-corrected chi connectivity index (χ3v) is 4.36. The van der Waals surface area contributed by atoms with E-state index in [1.54, 1.807) is 6.92 Å². The maximum Gasteiger partial charge on any atom is 0.240 e. The van der Waals surface area contributed by atoms with Crippen molar-refractivity contribution in [2.45, 2.75) is 25.2 Å². The van der Waals surface area contributed by atoms with E-state index >= 15 is 0 Å². The summed E-state index contributed by atoms with van der Waals surface area (Å²) in [6.45, 7) is 3.96. The largest absolute Gasteiger partial charge is 0.397 e. The molecule has 0 unspecified atom stereocenters. The molecule has 1 rings (SSSR count). The van der Waals surface area contributed by atoms with Crippen LogP contribution in [0.3, 0.4) is 0 Å². The SMILES string of the molecule is C/C=C/CCNS(=O)(=O)c1cc(C)c(Cl)c(N)c1. The number of anilines is 1. The minimum atomic E-state index is -3.53. The van der Waals surface area contributed by atoms with Crippen molar-refractivity contribution in [3.05, 3.63) is 34.9 Å². The van der Waals surface area contributed by atoms with Crippen molar-refractivity contribution in [3.8, 4) is 0 Å². The van der Waals surface area contributed by atoms with Gasteiger partial charge in [-0.2, -0.15) is 0 Å². The van der Waals surface area contributed by atoms with E-state index in [0.29, 0.717) is 23.6 Å². The van der Waals surface area contributed by atoms with Crippen LogP contribution in [0.25, 0.3) is 0 Å². The van der Waals surface area contributed by atoms with Gasteiger partial charge in [0.25, 0.3) is 0 Å². The lowest BCUT2D eigenvalue weighted by molar-refractivity contribution is 0.582. The lowest BCUT2D eigenvalue weighted by Gasteiger charge is -2.09. The van der Waals surface area contributed by atoms with Gasteiger partial charge in [0, 0.05) is 6.54 Å². The van der Waals surface area contributed by atoms with Crippen molar-refractivity contribution in [1.82, 2.24) is 4.72 Å². The molecule has 0 aliphatic carbocycles. The molecule has 0 bridgehead atoms. The Hall–Kier alpha value is -1.04. The van der Waals surface area contributed by atoms with Crippen LogP contribution in [0.5, 0.6) is 0 Å². The Morgan fingerprint density at radius 1 is 1.44 bits per heavy atom. The van der Waals surface area contributed by atoms with Crippen molar-refractivity contribution >= 4 is 27.3 Å². The lowest BCUT2D eigenvalue weighted by Crippen LogP contribution is -2.24. The number of rotatable bonds is 5. The summed E-state index contributed by atoms with van der Waals surface area (Å²) in [6.07, 6.45) is 4.42. The van der Waals surface area contributed by atoms with Crippen LogP contribution in [0.1, 0.15) is 18.9 Å². The summed E-state index contributed by atoms with van der Waals surface area (Å²) in [5, 5.41) is 0.392. The Morgan fingerprint density at radius 2 is 2.11 bits per heavy atom. The van der Waals surface area contributed by atoms with Gasteiger partial charge >= 0.3 is 0 Å². The van der Waals surface area contributed by atoms with Crippen molar-refractivity contribution < 1.29 is 8.42 Å². The number of nitrogens with one attached hydrogen (secondary N) is 1. The zero-order chi connectivity index (χ0) is 13.8. The first kappa shape index (κ1) is 15.0. The normalized spacial score (nSPS) is 12.2. The summed E-state index contributed by atoms with van der Waals surface area (Å²) in [4.78, 5) is 0.141. The van der Waals surface area contributed by atoms with Gasteiger partial charge in [-0.1, -0.05) is 23.8 Å². The van der Waals surface area contributed by atoms with Crippen LogP contribution in [0.15, 0.2) is 29.2 Å². The van der Waals surface area contributed by atoms with Gasteiger partial charge in [-0.3, -0.25) is 0 Å². The van der Waals surface area contributed by atoms with E-state index in [-0.39, 0.29) is 10.6 Å². The number of sulfonamides is 1. The second kappa shape index (κ2) is 6.22. The van der Waals surface area contributed by atoms with Gasteiger partial charge in [0.15, 0.2) is 0 Å².